The fourth-order valence-corrected chi connectivity index (χ4v) is 2.44. The predicted molar refractivity (Wildman–Crippen MR) is 60.0 cm³/mol. The van der Waals surface area contributed by atoms with Crippen LogP contribution < -0.4 is 0 Å². The van der Waals surface area contributed by atoms with Gasteiger partial charge in [-0.3, -0.25) is 9.69 Å². The molecular formula is C12H21NO3. The van der Waals surface area contributed by atoms with Crippen LogP contribution in [0.15, 0.2) is 0 Å². The van der Waals surface area contributed by atoms with Crippen molar-refractivity contribution in [2.24, 2.45) is 0 Å². The van der Waals surface area contributed by atoms with Crippen LogP contribution in [0.1, 0.15) is 38.5 Å². The van der Waals surface area contributed by atoms with Crippen molar-refractivity contribution in [1.82, 2.24) is 4.90 Å². The second-order valence-electron chi connectivity index (χ2n) is 4.79. The van der Waals surface area contributed by atoms with Crippen LogP contribution in [0.3, 0.4) is 0 Å². The van der Waals surface area contributed by atoms with Crippen LogP contribution in [0.25, 0.3) is 0 Å². The van der Waals surface area contributed by atoms with Crippen LogP contribution in [0.5, 0.6) is 0 Å². The SMILES string of the molecule is O=C1CCC(O)N(CC2CCCCO2)CC1. The summed E-state index contributed by atoms with van der Waals surface area (Å²) >= 11 is 0. The van der Waals surface area contributed by atoms with Gasteiger partial charge in [0.15, 0.2) is 0 Å². The highest BCUT2D eigenvalue weighted by atomic mass is 16.5. The number of aliphatic hydroxyl groups is 1. The maximum atomic E-state index is 11.3. The number of rotatable bonds is 2. The lowest BCUT2D eigenvalue weighted by Crippen LogP contribution is -2.42. The zero-order valence-electron chi connectivity index (χ0n) is 9.73. The van der Waals surface area contributed by atoms with E-state index in [4.69, 9.17) is 4.74 Å². The third-order valence-electron chi connectivity index (χ3n) is 3.49. The molecular weight excluding hydrogens is 206 g/mol. The Morgan fingerprint density at radius 2 is 2.19 bits per heavy atom. The molecule has 0 aromatic heterocycles. The summed E-state index contributed by atoms with van der Waals surface area (Å²) in [6, 6.07) is 0. The van der Waals surface area contributed by atoms with Gasteiger partial charge in [-0.25, -0.2) is 0 Å². The molecule has 2 unspecified atom stereocenters. The molecule has 4 heteroatoms. The highest BCUT2D eigenvalue weighted by Gasteiger charge is 2.25. The van der Waals surface area contributed by atoms with Crippen molar-refractivity contribution in [1.29, 1.82) is 0 Å². The van der Waals surface area contributed by atoms with Gasteiger partial charge >= 0.3 is 0 Å². The van der Waals surface area contributed by atoms with Gasteiger partial charge in [0.25, 0.3) is 0 Å². The predicted octanol–water partition coefficient (Wildman–Crippen LogP) is 0.929. The van der Waals surface area contributed by atoms with E-state index in [-0.39, 0.29) is 11.9 Å². The highest BCUT2D eigenvalue weighted by molar-refractivity contribution is 5.78. The van der Waals surface area contributed by atoms with E-state index in [1.807, 2.05) is 4.90 Å². The van der Waals surface area contributed by atoms with Crippen LogP contribution in [0, 0.1) is 0 Å². The smallest absolute Gasteiger partial charge is 0.134 e. The topological polar surface area (TPSA) is 49.8 Å². The fourth-order valence-electron chi connectivity index (χ4n) is 2.44. The first kappa shape index (κ1) is 12.0. The van der Waals surface area contributed by atoms with Crippen LogP contribution in [0.4, 0.5) is 0 Å². The lowest BCUT2D eigenvalue weighted by atomic mass is 10.1. The number of nitrogens with zero attached hydrogens (tertiary/aromatic N) is 1. The number of Topliss-reactive ketones (excluding diaryl/α,β-unsaturated/α-hetero) is 1. The minimum atomic E-state index is -0.461. The van der Waals surface area contributed by atoms with Gasteiger partial charge in [0.1, 0.15) is 12.0 Å². The maximum absolute atomic E-state index is 11.3. The van der Waals surface area contributed by atoms with E-state index in [1.54, 1.807) is 0 Å². The second kappa shape index (κ2) is 5.75. The molecule has 0 aliphatic carbocycles. The normalized spacial score (nSPS) is 33.7. The van der Waals surface area contributed by atoms with Gasteiger partial charge in [-0.05, 0) is 25.7 Å². The number of ether oxygens (including phenoxy) is 1. The largest absolute Gasteiger partial charge is 0.378 e. The summed E-state index contributed by atoms with van der Waals surface area (Å²) in [5.74, 6) is 0.270. The number of carbonyl (C=O) groups is 1. The maximum Gasteiger partial charge on any atom is 0.134 e. The van der Waals surface area contributed by atoms with E-state index >= 15 is 0 Å². The molecule has 2 fully saturated rings. The van der Waals surface area contributed by atoms with Crippen molar-refractivity contribution < 1.29 is 14.6 Å². The average molecular weight is 227 g/mol. The second-order valence-corrected chi connectivity index (χ2v) is 4.79. The Labute approximate surface area is 96.6 Å². The molecule has 0 aromatic carbocycles. The van der Waals surface area contributed by atoms with Gasteiger partial charge in [0, 0.05) is 32.5 Å². The lowest BCUT2D eigenvalue weighted by molar-refractivity contribution is -0.118. The van der Waals surface area contributed by atoms with Crippen LogP contribution >= 0.6 is 0 Å². The van der Waals surface area contributed by atoms with Gasteiger partial charge in [-0.15, -0.1) is 0 Å². The Balaban J connectivity index is 1.84. The summed E-state index contributed by atoms with van der Waals surface area (Å²) < 4.78 is 5.66. The average Bonchev–Trinajstić information content (AvgIpc) is 2.46. The van der Waals surface area contributed by atoms with E-state index in [2.05, 4.69) is 0 Å². The molecule has 2 heterocycles. The number of hydrogen-bond acceptors (Lipinski definition) is 4. The van der Waals surface area contributed by atoms with Gasteiger partial charge < -0.3 is 9.84 Å². The third-order valence-corrected chi connectivity index (χ3v) is 3.49. The minimum Gasteiger partial charge on any atom is -0.378 e. The summed E-state index contributed by atoms with van der Waals surface area (Å²) in [6.07, 6.45) is 4.90. The molecule has 0 saturated carbocycles. The van der Waals surface area contributed by atoms with Gasteiger partial charge in [-0.1, -0.05) is 0 Å². The Bertz CT molecular complexity index is 238. The number of aliphatic hydroxyl groups excluding tert-OH is 1. The molecule has 92 valence electrons. The molecule has 2 aliphatic rings. The van der Waals surface area contributed by atoms with E-state index in [0.29, 0.717) is 25.8 Å². The van der Waals surface area contributed by atoms with Crippen molar-refractivity contribution in [3.63, 3.8) is 0 Å². The zero-order valence-corrected chi connectivity index (χ0v) is 9.73. The summed E-state index contributed by atoms with van der Waals surface area (Å²) in [4.78, 5) is 13.3. The number of carbonyl (C=O) groups excluding carboxylic acids is 1. The molecule has 4 nitrogen and oxygen atoms in total. The lowest BCUT2D eigenvalue weighted by Gasteiger charge is -2.31. The molecule has 0 bridgehead atoms. The minimum absolute atomic E-state index is 0.247. The molecule has 2 aliphatic heterocycles. The zero-order chi connectivity index (χ0) is 11.4. The quantitative estimate of drug-likeness (QED) is 0.762. The van der Waals surface area contributed by atoms with Gasteiger partial charge in [0.05, 0.1) is 6.10 Å². The fraction of sp³-hybridized carbons (Fsp3) is 0.917. The van der Waals surface area contributed by atoms with Crippen molar-refractivity contribution in [3.8, 4) is 0 Å². The summed E-state index contributed by atoms with van der Waals surface area (Å²) in [6.45, 7) is 2.29. The van der Waals surface area contributed by atoms with Crippen molar-refractivity contribution in [2.75, 3.05) is 19.7 Å². The van der Waals surface area contributed by atoms with E-state index in [0.717, 1.165) is 26.0 Å². The highest BCUT2D eigenvalue weighted by Crippen LogP contribution is 2.18. The molecule has 0 amide bonds. The van der Waals surface area contributed by atoms with Crippen LogP contribution in [0.2, 0.25) is 0 Å². The Kier molecular flexibility index (Phi) is 4.32. The molecule has 2 rings (SSSR count). The van der Waals surface area contributed by atoms with Crippen molar-refractivity contribution in [3.05, 3.63) is 0 Å². The van der Waals surface area contributed by atoms with Crippen molar-refractivity contribution in [2.45, 2.75) is 50.9 Å². The third kappa shape index (κ3) is 3.27. The molecule has 2 atom stereocenters. The van der Waals surface area contributed by atoms with Crippen molar-refractivity contribution >= 4 is 5.78 Å². The van der Waals surface area contributed by atoms with Gasteiger partial charge in [-0.2, -0.15) is 0 Å². The first-order valence-electron chi connectivity index (χ1n) is 6.31. The van der Waals surface area contributed by atoms with E-state index < -0.39 is 6.23 Å². The summed E-state index contributed by atoms with van der Waals surface area (Å²) in [7, 11) is 0. The number of likely N-dealkylation sites (tertiary alicyclic amines) is 1. The first-order chi connectivity index (χ1) is 7.75. The molecule has 0 spiro atoms. The summed E-state index contributed by atoms with van der Waals surface area (Å²) in [5.41, 5.74) is 0. The molecule has 0 aromatic rings. The van der Waals surface area contributed by atoms with Crippen LogP contribution in [-0.2, 0) is 9.53 Å². The molecule has 16 heavy (non-hydrogen) atoms. The molecule has 1 N–H and O–H groups in total. The Morgan fingerprint density at radius 3 is 2.94 bits per heavy atom. The Hall–Kier alpha value is -0.450. The molecule has 0 radical (unpaired) electrons. The molecule has 2 saturated heterocycles. The standard InChI is InChI=1S/C12H21NO3/c14-10-4-5-12(15)13(7-6-10)9-11-3-1-2-8-16-11/h11-12,15H,1-9H2. The number of hydrogen-bond donors (Lipinski definition) is 1. The van der Waals surface area contributed by atoms with E-state index in [1.165, 1.54) is 6.42 Å². The van der Waals surface area contributed by atoms with Crippen LogP contribution in [-0.4, -0.2) is 47.8 Å². The number of ketones is 1. The van der Waals surface area contributed by atoms with E-state index in [9.17, 15) is 9.90 Å². The van der Waals surface area contributed by atoms with Gasteiger partial charge in [0.2, 0.25) is 0 Å². The Morgan fingerprint density at radius 1 is 1.31 bits per heavy atom. The monoisotopic (exact) mass is 227 g/mol. The summed E-state index contributed by atoms with van der Waals surface area (Å²) in [5, 5.41) is 9.92. The first-order valence-corrected chi connectivity index (χ1v) is 6.31.